The van der Waals surface area contributed by atoms with Gasteiger partial charge in [0, 0.05) is 25.8 Å². The van der Waals surface area contributed by atoms with Crippen molar-refractivity contribution in [2.75, 3.05) is 32.1 Å². The van der Waals surface area contributed by atoms with Crippen LogP contribution < -0.4 is 15.0 Å². The van der Waals surface area contributed by atoms with Crippen molar-refractivity contribution in [3.8, 4) is 5.75 Å². The first-order chi connectivity index (χ1) is 13.1. The highest BCUT2D eigenvalue weighted by molar-refractivity contribution is 5.88. The lowest BCUT2D eigenvalue weighted by molar-refractivity contribution is -0.122. The molecule has 4 nitrogen and oxygen atoms in total. The molecule has 4 heteroatoms. The molecule has 0 spiro atoms. The molecule has 1 N–H and O–H groups in total. The summed E-state index contributed by atoms with van der Waals surface area (Å²) in [4.78, 5) is 14.7. The summed E-state index contributed by atoms with van der Waals surface area (Å²) in [6, 6.07) is 22.3. The summed E-state index contributed by atoms with van der Waals surface area (Å²) < 4.78 is 5.27. The molecule has 0 saturated heterocycles. The monoisotopic (exact) mass is 362 g/mol. The predicted molar refractivity (Wildman–Crippen MR) is 112 cm³/mol. The van der Waals surface area contributed by atoms with Crippen molar-refractivity contribution < 1.29 is 9.53 Å². The van der Waals surface area contributed by atoms with E-state index in [0.29, 0.717) is 6.54 Å². The molecule has 0 bridgehead atoms. The lowest BCUT2D eigenvalue weighted by atomic mass is 9.97. The summed E-state index contributed by atoms with van der Waals surface area (Å²) in [6.45, 7) is 3.32. The maximum Gasteiger partial charge on any atom is 0.227 e. The molecular weight excluding hydrogens is 336 g/mol. The van der Waals surface area contributed by atoms with E-state index < -0.39 is 0 Å². The van der Waals surface area contributed by atoms with E-state index in [4.69, 9.17) is 4.74 Å². The van der Waals surface area contributed by atoms with Crippen LogP contribution in [0.1, 0.15) is 18.4 Å². The average Bonchev–Trinajstić information content (AvgIpc) is 2.72. The summed E-state index contributed by atoms with van der Waals surface area (Å²) in [6.07, 6.45) is 0. The summed E-state index contributed by atoms with van der Waals surface area (Å²) in [5.41, 5.74) is 2.16. The first kappa shape index (κ1) is 18.8. The van der Waals surface area contributed by atoms with Gasteiger partial charge in [0.15, 0.2) is 0 Å². The zero-order valence-corrected chi connectivity index (χ0v) is 16.1. The average molecular weight is 362 g/mol. The smallest absolute Gasteiger partial charge is 0.227 e. The van der Waals surface area contributed by atoms with Crippen LogP contribution >= 0.6 is 0 Å². The van der Waals surface area contributed by atoms with E-state index in [1.54, 1.807) is 7.11 Å². The Kier molecular flexibility index (Phi) is 5.97. The molecule has 1 amide bonds. The molecule has 0 unspecified atom stereocenters. The van der Waals surface area contributed by atoms with Crippen LogP contribution in [0.15, 0.2) is 66.7 Å². The Bertz CT molecular complexity index is 909. The highest BCUT2D eigenvalue weighted by Crippen LogP contribution is 2.25. The third-order valence-electron chi connectivity index (χ3n) is 4.91. The van der Waals surface area contributed by atoms with E-state index in [-0.39, 0.29) is 11.8 Å². The number of methoxy groups -OCH3 is 1. The molecule has 3 rings (SSSR count). The molecule has 0 aliphatic carbocycles. The molecule has 3 aromatic carbocycles. The van der Waals surface area contributed by atoms with E-state index >= 15 is 0 Å². The number of nitrogens with one attached hydrogen (secondary N) is 1. The van der Waals surface area contributed by atoms with Gasteiger partial charge in [0.05, 0.1) is 13.0 Å². The molecule has 0 aliphatic rings. The van der Waals surface area contributed by atoms with Gasteiger partial charge >= 0.3 is 0 Å². The maximum atomic E-state index is 12.5. The highest BCUT2D eigenvalue weighted by atomic mass is 16.5. The first-order valence-corrected chi connectivity index (χ1v) is 9.20. The number of nitrogens with zero attached hydrogens (tertiary/aromatic N) is 1. The molecule has 1 atom stereocenters. The second-order valence-corrected chi connectivity index (χ2v) is 6.74. The van der Waals surface area contributed by atoms with E-state index in [9.17, 15) is 4.79 Å². The van der Waals surface area contributed by atoms with Gasteiger partial charge < -0.3 is 15.0 Å². The number of rotatable bonds is 7. The minimum Gasteiger partial charge on any atom is -0.497 e. The van der Waals surface area contributed by atoms with Gasteiger partial charge in [0.25, 0.3) is 0 Å². The van der Waals surface area contributed by atoms with Crippen molar-refractivity contribution in [2.45, 2.75) is 12.8 Å². The normalized spacial score (nSPS) is 11.8. The van der Waals surface area contributed by atoms with Gasteiger partial charge in [-0.3, -0.25) is 4.79 Å². The maximum absolute atomic E-state index is 12.5. The second kappa shape index (κ2) is 8.58. The zero-order chi connectivity index (χ0) is 19.2. The van der Waals surface area contributed by atoms with Crippen LogP contribution in [-0.2, 0) is 4.79 Å². The number of amides is 1. The fourth-order valence-electron chi connectivity index (χ4n) is 3.10. The summed E-state index contributed by atoms with van der Waals surface area (Å²) in [5.74, 6) is 0.687. The van der Waals surface area contributed by atoms with Gasteiger partial charge in [-0.15, -0.1) is 0 Å². The molecule has 3 aromatic rings. The molecule has 0 heterocycles. The van der Waals surface area contributed by atoms with E-state index in [1.807, 2.05) is 62.5 Å². The van der Waals surface area contributed by atoms with E-state index in [1.165, 1.54) is 0 Å². The first-order valence-electron chi connectivity index (χ1n) is 9.20. The van der Waals surface area contributed by atoms with Gasteiger partial charge in [-0.25, -0.2) is 0 Å². The second-order valence-electron chi connectivity index (χ2n) is 6.74. The summed E-state index contributed by atoms with van der Waals surface area (Å²) >= 11 is 0. The quantitative estimate of drug-likeness (QED) is 0.685. The van der Waals surface area contributed by atoms with Crippen LogP contribution in [0, 0.1) is 0 Å². The third-order valence-corrected chi connectivity index (χ3v) is 4.91. The molecule has 27 heavy (non-hydrogen) atoms. The number of carbonyl (C=O) groups excluding carboxylic acids is 1. The topological polar surface area (TPSA) is 41.6 Å². The van der Waals surface area contributed by atoms with Crippen molar-refractivity contribution >= 4 is 22.4 Å². The molecule has 0 aliphatic heterocycles. The number of fused-ring (bicyclic) bond motifs is 1. The minimum absolute atomic E-state index is 0.0457. The van der Waals surface area contributed by atoms with Gasteiger partial charge in [-0.1, -0.05) is 42.5 Å². The molecule has 0 fully saturated rings. The zero-order valence-electron chi connectivity index (χ0n) is 16.1. The van der Waals surface area contributed by atoms with Crippen LogP contribution in [0.4, 0.5) is 5.69 Å². The van der Waals surface area contributed by atoms with E-state index in [0.717, 1.165) is 34.3 Å². The summed E-state index contributed by atoms with van der Waals surface area (Å²) in [5, 5.41) is 5.26. The van der Waals surface area contributed by atoms with Crippen LogP contribution in [0.3, 0.4) is 0 Å². The van der Waals surface area contributed by atoms with Crippen LogP contribution in [0.25, 0.3) is 10.8 Å². The Morgan fingerprint density at radius 2 is 1.74 bits per heavy atom. The predicted octanol–water partition coefficient (Wildman–Crippen LogP) is 4.20. The standard InChI is InChI=1S/C23H26N2O2/c1-17(18-9-10-20-16-22(27-3)12-11-19(20)15-18)23(26)24-13-14-25(2)21-7-5-4-6-8-21/h4-12,15-17H,13-14H2,1-3H3,(H,24,26)/t17-/m0/s1. The fraction of sp³-hybridized carbons (Fsp3) is 0.261. The molecule has 0 saturated carbocycles. The molecule has 0 aromatic heterocycles. The van der Waals surface area contributed by atoms with Crippen molar-refractivity contribution in [2.24, 2.45) is 0 Å². The van der Waals surface area contributed by atoms with Crippen molar-refractivity contribution in [1.82, 2.24) is 5.32 Å². The van der Waals surface area contributed by atoms with Crippen LogP contribution in [0.5, 0.6) is 5.75 Å². The molecule has 140 valence electrons. The number of likely N-dealkylation sites (N-methyl/N-ethyl adjacent to an activating group) is 1. The van der Waals surface area contributed by atoms with Gasteiger partial charge in [0.1, 0.15) is 5.75 Å². The lowest BCUT2D eigenvalue weighted by Crippen LogP contribution is -2.35. The van der Waals surface area contributed by atoms with Crippen molar-refractivity contribution in [3.63, 3.8) is 0 Å². The highest BCUT2D eigenvalue weighted by Gasteiger charge is 2.15. The van der Waals surface area contributed by atoms with E-state index in [2.05, 4.69) is 28.4 Å². The fourth-order valence-corrected chi connectivity index (χ4v) is 3.10. The number of para-hydroxylation sites is 1. The number of anilines is 1. The number of benzene rings is 3. The van der Waals surface area contributed by atoms with Gasteiger partial charge in [0.2, 0.25) is 5.91 Å². The largest absolute Gasteiger partial charge is 0.497 e. The lowest BCUT2D eigenvalue weighted by Gasteiger charge is -2.20. The Hall–Kier alpha value is -3.01. The number of carbonyl (C=O) groups is 1. The van der Waals surface area contributed by atoms with Crippen molar-refractivity contribution in [1.29, 1.82) is 0 Å². The Morgan fingerprint density at radius 1 is 1.04 bits per heavy atom. The third kappa shape index (κ3) is 4.59. The van der Waals surface area contributed by atoms with Gasteiger partial charge in [-0.05, 0) is 47.5 Å². The van der Waals surface area contributed by atoms with Crippen LogP contribution in [0.2, 0.25) is 0 Å². The Morgan fingerprint density at radius 3 is 2.48 bits per heavy atom. The Labute approximate surface area is 160 Å². The minimum atomic E-state index is -0.196. The van der Waals surface area contributed by atoms with Crippen LogP contribution in [-0.4, -0.2) is 33.2 Å². The van der Waals surface area contributed by atoms with Crippen molar-refractivity contribution in [3.05, 3.63) is 72.3 Å². The van der Waals surface area contributed by atoms with Gasteiger partial charge in [-0.2, -0.15) is 0 Å². The number of ether oxygens (including phenoxy) is 1. The molecular formula is C23H26N2O2. The Balaban J connectivity index is 1.59. The molecule has 0 radical (unpaired) electrons. The SMILES string of the molecule is COc1ccc2cc([C@H](C)C(=O)NCCN(C)c3ccccc3)ccc2c1. The number of hydrogen-bond acceptors (Lipinski definition) is 3. The summed E-state index contributed by atoms with van der Waals surface area (Å²) in [7, 11) is 3.69. The number of hydrogen-bond donors (Lipinski definition) is 1.